The standard InChI is InChI=1S/C14H20FNO2/c1-10-11(6-7-18-10)8-16-9-12-4-3-5-13(17-2)14(12)15/h3-5,10-11,16H,6-9H2,1-2H3. The number of benzene rings is 1. The Morgan fingerprint density at radius 2 is 2.33 bits per heavy atom. The lowest BCUT2D eigenvalue weighted by Gasteiger charge is -2.15. The van der Waals surface area contributed by atoms with Crippen LogP contribution < -0.4 is 10.1 Å². The third-order valence-electron chi connectivity index (χ3n) is 3.52. The van der Waals surface area contributed by atoms with Crippen LogP contribution in [0.25, 0.3) is 0 Å². The molecule has 0 amide bonds. The van der Waals surface area contributed by atoms with Crippen LogP contribution in [0.4, 0.5) is 4.39 Å². The van der Waals surface area contributed by atoms with Crippen LogP contribution in [-0.2, 0) is 11.3 Å². The van der Waals surface area contributed by atoms with Crippen molar-refractivity contribution >= 4 is 0 Å². The normalized spacial score (nSPS) is 23.3. The van der Waals surface area contributed by atoms with E-state index >= 15 is 0 Å². The third-order valence-corrected chi connectivity index (χ3v) is 3.52. The second-order valence-corrected chi connectivity index (χ2v) is 4.69. The molecule has 1 saturated heterocycles. The van der Waals surface area contributed by atoms with Crippen LogP contribution in [0.3, 0.4) is 0 Å². The Labute approximate surface area is 107 Å². The molecule has 1 aliphatic heterocycles. The van der Waals surface area contributed by atoms with Crippen molar-refractivity contribution in [2.24, 2.45) is 5.92 Å². The minimum Gasteiger partial charge on any atom is -0.494 e. The first-order valence-corrected chi connectivity index (χ1v) is 6.36. The zero-order valence-corrected chi connectivity index (χ0v) is 10.9. The van der Waals surface area contributed by atoms with E-state index in [9.17, 15) is 4.39 Å². The molecule has 1 heterocycles. The summed E-state index contributed by atoms with van der Waals surface area (Å²) in [4.78, 5) is 0. The van der Waals surface area contributed by atoms with Gasteiger partial charge in [-0.2, -0.15) is 0 Å². The molecule has 1 aromatic carbocycles. The van der Waals surface area contributed by atoms with Crippen LogP contribution in [-0.4, -0.2) is 26.4 Å². The summed E-state index contributed by atoms with van der Waals surface area (Å²) in [6, 6.07) is 5.21. The molecule has 2 unspecified atom stereocenters. The lowest BCUT2D eigenvalue weighted by atomic mass is 10.0. The fourth-order valence-electron chi connectivity index (χ4n) is 2.29. The topological polar surface area (TPSA) is 30.5 Å². The molecular formula is C14H20FNO2. The maximum Gasteiger partial charge on any atom is 0.169 e. The summed E-state index contributed by atoms with van der Waals surface area (Å²) in [6.07, 6.45) is 1.38. The summed E-state index contributed by atoms with van der Waals surface area (Å²) in [6.45, 7) is 4.30. The highest BCUT2D eigenvalue weighted by molar-refractivity contribution is 5.30. The first-order valence-electron chi connectivity index (χ1n) is 6.36. The van der Waals surface area contributed by atoms with E-state index in [4.69, 9.17) is 9.47 Å². The molecule has 0 saturated carbocycles. The van der Waals surface area contributed by atoms with Crippen LogP contribution in [0.5, 0.6) is 5.75 Å². The predicted octanol–water partition coefficient (Wildman–Crippen LogP) is 2.35. The fraction of sp³-hybridized carbons (Fsp3) is 0.571. The zero-order valence-electron chi connectivity index (χ0n) is 10.9. The first-order chi connectivity index (χ1) is 8.72. The van der Waals surface area contributed by atoms with Crippen molar-refractivity contribution in [3.05, 3.63) is 29.6 Å². The van der Waals surface area contributed by atoms with Crippen LogP contribution in [0.2, 0.25) is 0 Å². The van der Waals surface area contributed by atoms with Gasteiger partial charge in [0.15, 0.2) is 11.6 Å². The Hall–Kier alpha value is -1.13. The average Bonchev–Trinajstić information content (AvgIpc) is 2.77. The van der Waals surface area contributed by atoms with Gasteiger partial charge in [-0.15, -0.1) is 0 Å². The van der Waals surface area contributed by atoms with Gasteiger partial charge in [0.1, 0.15) is 0 Å². The van der Waals surface area contributed by atoms with Crippen LogP contribution in [0.1, 0.15) is 18.9 Å². The van der Waals surface area contributed by atoms with Crippen molar-refractivity contribution in [1.82, 2.24) is 5.32 Å². The van der Waals surface area contributed by atoms with E-state index in [0.29, 0.717) is 29.9 Å². The largest absolute Gasteiger partial charge is 0.494 e. The van der Waals surface area contributed by atoms with Crippen molar-refractivity contribution in [2.45, 2.75) is 26.0 Å². The highest BCUT2D eigenvalue weighted by atomic mass is 19.1. The van der Waals surface area contributed by atoms with E-state index < -0.39 is 0 Å². The van der Waals surface area contributed by atoms with E-state index in [2.05, 4.69) is 12.2 Å². The number of hydrogen-bond donors (Lipinski definition) is 1. The molecule has 0 aliphatic carbocycles. The fourth-order valence-corrected chi connectivity index (χ4v) is 2.29. The van der Waals surface area contributed by atoms with Gasteiger partial charge in [-0.25, -0.2) is 4.39 Å². The smallest absolute Gasteiger partial charge is 0.169 e. The molecular weight excluding hydrogens is 233 g/mol. The van der Waals surface area contributed by atoms with Gasteiger partial charge in [0.25, 0.3) is 0 Å². The molecule has 0 bridgehead atoms. The lowest BCUT2D eigenvalue weighted by molar-refractivity contribution is 0.105. The Morgan fingerprint density at radius 3 is 3.00 bits per heavy atom. The molecule has 1 aromatic rings. The van der Waals surface area contributed by atoms with Crippen molar-refractivity contribution in [3.8, 4) is 5.75 Å². The molecule has 1 N–H and O–H groups in total. The minimum absolute atomic E-state index is 0.275. The molecule has 2 rings (SSSR count). The molecule has 4 heteroatoms. The van der Waals surface area contributed by atoms with Crippen LogP contribution >= 0.6 is 0 Å². The number of methoxy groups -OCH3 is 1. The summed E-state index contributed by atoms with van der Waals surface area (Å²) >= 11 is 0. The van der Waals surface area contributed by atoms with Gasteiger partial charge in [-0.05, 0) is 25.3 Å². The average molecular weight is 253 g/mol. The van der Waals surface area contributed by atoms with Gasteiger partial charge in [0.05, 0.1) is 13.2 Å². The molecule has 100 valence electrons. The summed E-state index contributed by atoms with van der Waals surface area (Å²) in [7, 11) is 1.48. The summed E-state index contributed by atoms with van der Waals surface area (Å²) in [5, 5.41) is 3.29. The molecule has 0 spiro atoms. The predicted molar refractivity (Wildman–Crippen MR) is 68.2 cm³/mol. The minimum atomic E-state index is -0.275. The molecule has 18 heavy (non-hydrogen) atoms. The van der Waals surface area contributed by atoms with Crippen molar-refractivity contribution in [2.75, 3.05) is 20.3 Å². The quantitative estimate of drug-likeness (QED) is 0.873. The van der Waals surface area contributed by atoms with Gasteiger partial charge in [-0.3, -0.25) is 0 Å². The number of halogens is 1. The monoisotopic (exact) mass is 253 g/mol. The van der Waals surface area contributed by atoms with E-state index in [1.54, 1.807) is 18.2 Å². The van der Waals surface area contributed by atoms with Gasteiger partial charge in [0.2, 0.25) is 0 Å². The summed E-state index contributed by atoms with van der Waals surface area (Å²) in [5.74, 6) is 0.550. The Bertz CT molecular complexity index is 397. The third kappa shape index (κ3) is 3.00. The molecule has 3 nitrogen and oxygen atoms in total. The summed E-state index contributed by atoms with van der Waals surface area (Å²) < 4.78 is 24.3. The van der Waals surface area contributed by atoms with Crippen LogP contribution in [0, 0.1) is 11.7 Å². The number of hydrogen-bond acceptors (Lipinski definition) is 3. The van der Waals surface area contributed by atoms with Gasteiger partial charge in [0, 0.05) is 25.3 Å². The van der Waals surface area contributed by atoms with E-state index in [1.807, 2.05) is 0 Å². The van der Waals surface area contributed by atoms with Gasteiger partial charge >= 0.3 is 0 Å². The second kappa shape index (κ2) is 6.16. The molecule has 1 fully saturated rings. The molecule has 1 aliphatic rings. The zero-order chi connectivity index (χ0) is 13.0. The van der Waals surface area contributed by atoms with E-state index in [1.165, 1.54) is 7.11 Å². The Balaban J connectivity index is 1.86. The second-order valence-electron chi connectivity index (χ2n) is 4.69. The van der Waals surface area contributed by atoms with E-state index in [0.717, 1.165) is 19.6 Å². The Kier molecular flexibility index (Phi) is 4.55. The Morgan fingerprint density at radius 1 is 1.50 bits per heavy atom. The van der Waals surface area contributed by atoms with Crippen molar-refractivity contribution in [1.29, 1.82) is 0 Å². The molecule has 0 radical (unpaired) electrons. The highest BCUT2D eigenvalue weighted by Crippen LogP contribution is 2.21. The molecule has 2 atom stereocenters. The lowest BCUT2D eigenvalue weighted by Crippen LogP contribution is -2.27. The van der Waals surface area contributed by atoms with Crippen molar-refractivity contribution < 1.29 is 13.9 Å². The highest BCUT2D eigenvalue weighted by Gasteiger charge is 2.23. The summed E-state index contributed by atoms with van der Waals surface area (Å²) in [5.41, 5.74) is 0.640. The van der Waals surface area contributed by atoms with Gasteiger partial charge in [-0.1, -0.05) is 12.1 Å². The molecule has 0 aromatic heterocycles. The van der Waals surface area contributed by atoms with Crippen LogP contribution in [0.15, 0.2) is 18.2 Å². The first kappa shape index (κ1) is 13.3. The number of rotatable bonds is 5. The van der Waals surface area contributed by atoms with E-state index in [-0.39, 0.29) is 5.82 Å². The number of nitrogens with one attached hydrogen (secondary N) is 1. The van der Waals surface area contributed by atoms with Crippen molar-refractivity contribution in [3.63, 3.8) is 0 Å². The maximum absolute atomic E-state index is 13.9. The maximum atomic E-state index is 13.9. The van der Waals surface area contributed by atoms with Gasteiger partial charge < -0.3 is 14.8 Å². The number of ether oxygens (including phenoxy) is 2. The SMILES string of the molecule is COc1cccc(CNCC2CCOC2C)c1F.